The number of nitrogens with zero attached hydrogens (tertiary/aromatic N) is 3. The molecule has 8 heteroatoms. The smallest absolute Gasteiger partial charge is 0.291 e. The molecule has 0 amide bonds. The molecule has 5 nitrogen and oxygen atoms in total. The number of hydrogen-bond acceptors (Lipinski definition) is 6. The number of rotatable bonds is 8. The van der Waals surface area contributed by atoms with Crippen LogP contribution >= 0.6 is 11.8 Å². The van der Waals surface area contributed by atoms with Crippen molar-refractivity contribution in [2.24, 2.45) is 5.92 Å². The highest BCUT2D eigenvalue weighted by atomic mass is 32.2. The summed E-state index contributed by atoms with van der Waals surface area (Å²) in [6.07, 6.45) is 0.958. The standard InChI is InChI=1S/C11H19F2N5S/c1-4-14-9-16-10(15-6-5-7(2)3)18-11(17-9)19-8(12)13/h7-8H,4-6H2,1-3H3,(H2,14,15,16,17,18). The first-order chi connectivity index (χ1) is 9.01. The Morgan fingerprint density at radius 1 is 1.11 bits per heavy atom. The van der Waals surface area contributed by atoms with Gasteiger partial charge >= 0.3 is 0 Å². The van der Waals surface area contributed by atoms with E-state index in [2.05, 4.69) is 39.4 Å². The summed E-state index contributed by atoms with van der Waals surface area (Å²) in [4.78, 5) is 12.0. The van der Waals surface area contributed by atoms with Gasteiger partial charge < -0.3 is 10.6 Å². The number of aromatic nitrogens is 3. The third-order valence-corrected chi connectivity index (χ3v) is 2.72. The SMILES string of the molecule is CCNc1nc(NCCC(C)C)nc(SC(F)F)n1. The van der Waals surface area contributed by atoms with Gasteiger partial charge in [-0.1, -0.05) is 13.8 Å². The summed E-state index contributed by atoms with van der Waals surface area (Å²) >= 11 is 0.317. The van der Waals surface area contributed by atoms with Crippen LogP contribution in [0.3, 0.4) is 0 Å². The number of thioether (sulfide) groups is 1. The molecule has 1 rings (SSSR count). The minimum absolute atomic E-state index is 0.0213. The highest BCUT2D eigenvalue weighted by Gasteiger charge is 2.12. The van der Waals surface area contributed by atoms with Crippen LogP contribution in [0, 0.1) is 5.92 Å². The van der Waals surface area contributed by atoms with Gasteiger partial charge in [0.2, 0.25) is 11.9 Å². The second-order valence-corrected chi connectivity index (χ2v) is 5.24. The van der Waals surface area contributed by atoms with Gasteiger partial charge in [0.1, 0.15) is 0 Å². The predicted molar refractivity (Wildman–Crippen MR) is 73.8 cm³/mol. The molecule has 0 radical (unpaired) electrons. The molecule has 0 saturated carbocycles. The molecule has 0 aliphatic carbocycles. The molecule has 0 bridgehead atoms. The first-order valence-corrected chi connectivity index (χ1v) is 7.07. The Kier molecular flexibility index (Phi) is 6.75. The molecule has 108 valence electrons. The molecule has 1 heterocycles. The van der Waals surface area contributed by atoms with Gasteiger partial charge in [0.05, 0.1) is 0 Å². The van der Waals surface area contributed by atoms with Crippen LogP contribution in [0.1, 0.15) is 27.2 Å². The molecule has 2 N–H and O–H groups in total. The zero-order valence-electron chi connectivity index (χ0n) is 11.3. The summed E-state index contributed by atoms with van der Waals surface area (Å²) in [7, 11) is 0. The minimum atomic E-state index is -2.54. The van der Waals surface area contributed by atoms with Crippen molar-refractivity contribution in [2.45, 2.75) is 38.1 Å². The fourth-order valence-corrected chi connectivity index (χ4v) is 1.72. The fraction of sp³-hybridized carbons (Fsp3) is 0.727. The lowest BCUT2D eigenvalue weighted by molar-refractivity contribution is 0.251. The molecule has 0 saturated heterocycles. The van der Waals surface area contributed by atoms with Gasteiger partial charge in [0, 0.05) is 13.1 Å². The van der Waals surface area contributed by atoms with E-state index < -0.39 is 5.76 Å². The third-order valence-electron chi connectivity index (χ3n) is 2.15. The Hall–Kier alpha value is -1.18. The lowest BCUT2D eigenvalue weighted by atomic mass is 10.1. The van der Waals surface area contributed by atoms with Crippen LogP contribution in [-0.4, -0.2) is 33.8 Å². The molecule has 1 aromatic heterocycles. The van der Waals surface area contributed by atoms with E-state index in [-0.39, 0.29) is 5.16 Å². The normalized spacial score (nSPS) is 11.1. The maximum Gasteiger partial charge on any atom is 0.291 e. The summed E-state index contributed by atoms with van der Waals surface area (Å²) in [5, 5.41) is 5.95. The first-order valence-electron chi connectivity index (χ1n) is 6.20. The lowest BCUT2D eigenvalue weighted by Gasteiger charge is -2.09. The Morgan fingerprint density at radius 3 is 2.26 bits per heavy atom. The van der Waals surface area contributed by atoms with Crippen LogP contribution in [0.15, 0.2) is 5.16 Å². The Morgan fingerprint density at radius 2 is 1.74 bits per heavy atom. The molecule has 19 heavy (non-hydrogen) atoms. The van der Waals surface area contributed by atoms with E-state index in [0.717, 1.165) is 6.42 Å². The summed E-state index contributed by atoms with van der Waals surface area (Å²) < 4.78 is 24.7. The number of hydrogen-bond donors (Lipinski definition) is 2. The maximum absolute atomic E-state index is 12.3. The second-order valence-electron chi connectivity index (χ2n) is 4.28. The second kappa shape index (κ2) is 8.08. The van der Waals surface area contributed by atoms with E-state index >= 15 is 0 Å². The zero-order valence-corrected chi connectivity index (χ0v) is 12.1. The zero-order chi connectivity index (χ0) is 14.3. The van der Waals surface area contributed by atoms with E-state index in [4.69, 9.17) is 0 Å². The van der Waals surface area contributed by atoms with Gasteiger partial charge in [0.15, 0.2) is 5.16 Å². The largest absolute Gasteiger partial charge is 0.354 e. The first kappa shape index (κ1) is 15.9. The molecule has 0 spiro atoms. The number of nitrogens with one attached hydrogen (secondary N) is 2. The Bertz CT molecular complexity index is 389. The predicted octanol–water partition coefficient (Wildman–Crippen LogP) is 3.08. The van der Waals surface area contributed by atoms with Gasteiger partial charge in [-0.25, -0.2) is 0 Å². The molecule has 0 unspecified atom stereocenters. The van der Waals surface area contributed by atoms with Gasteiger partial charge in [-0.05, 0) is 31.0 Å². The van der Waals surface area contributed by atoms with Gasteiger partial charge in [-0.15, -0.1) is 0 Å². The van der Waals surface area contributed by atoms with Crippen LogP contribution in [0.25, 0.3) is 0 Å². The quantitative estimate of drug-likeness (QED) is 0.718. The van der Waals surface area contributed by atoms with Crippen molar-refractivity contribution in [3.05, 3.63) is 0 Å². The molecular weight excluding hydrogens is 272 g/mol. The van der Waals surface area contributed by atoms with Gasteiger partial charge in [-0.2, -0.15) is 23.7 Å². The number of alkyl halides is 2. The summed E-state index contributed by atoms with van der Waals surface area (Å²) in [6, 6.07) is 0. The van der Waals surface area contributed by atoms with Crippen LogP contribution in [0.5, 0.6) is 0 Å². The van der Waals surface area contributed by atoms with Crippen LogP contribution in [-0.2, 0) is 0 Å². The monoisotopic (exact) mass is 291 g/mol. The van der Waals surface area contributed by atoms with Crippen LogP contribution in [0.4, 0.5) is 20.7 Å². The summed E-state index contributed by atoms with van der Waals surface area (Å²) in [5.74, 6) is -1.35. The Labute approximate surface area is 116 Å². The van der Waals surface area contributed by atoms with Crippen LogP contribution < -0.4 is 10.6 Å². The Balaban J connectivity index is 2.74. The lowest BCUT2D eigenvalue weighted by Crippen LogP contribution is -2.12. The van der Waals surface area contributed by atoms with Crippen molar-refractivity contribution in [2.75, 3.05) is 23.7 Å². The van der Waals surface area contributed by atoms with E-state index in [9.17, 15) is 8.78 Å². The maximum atomic E-state index is 12.3. The van der Waals surface area contributed by atoms with E-state index in [1.165, 1.54) is 0 Å². The van der Waals surface area contributed by atoms with E-state index in [0.29, 0.717) is 42.7 Å². The fourth-order valence-electron chi connectivity index (χ4n) is 1.28. The van der Waals surface area contributed by atoms with Crippen LogP contribution in [0.2, 0.25) is 0 Å². The minimum Gasteiger partial charge on any atom is -0.354 e. The third kappa shape index (κ3) is 6.51. The molecule has 0 aromatic carbocycles. The average molecular weight is 291 g/mol. The van der Waals surface area contributed by atoms with Crippen molar-refractivity contribution in [1.29, 1.82) is 0 Å². The number of anilines is 2. The highest BCUT2D eigenvalue weighted by molar-refractivity contribution is 7.99. The molecule has 0 atom stereocenters. The molecule has 0 fully saturated rings. The van der Waals surface area contributed by atoms with Crippen molar-refractivity contribution < 1.29 is 8.78 Å². The van der Waals surface area contributed by atoms with Gasteiger partial charge in [-0.3, -0.25) is 0 Å². The topological polar surface area (TPSA) is 62.7 Å². The molecule has 0 aliphatic heterocycles. The van der Waals surface area contributed by atoms with Crippen molar-refractivity contribution in [3.63, 3.8) is 0 Å². The summed E-state index contributed by atoms with van der Waals surface area (Å²) in [5.41, 5.74) is 0. The highest BCUT2D eigenvalue weighted by Crippen LogP contribution is 2.23. The number of halogens is 2. The summed E-state index contributed by atoms with van der Waals surface area (Å²) in [6.45, 7) is 7.42. The van der Waals surface area contributed by atoms with Crippen molar-refractivity contribution in [3.8, 4) is 0 Å². The molecular formula is C11H19F2N5S. The van der Waals surface area contributed by atoms with Gasteiger partial charge in [0.25, 0.3) is 5.76 Å². The molecule has 0 aliphatic rings. The molecule has 1 aromatic rings. The average Bonchev–Trinajstić information content (AvgIpc) is 2.27. The van der Waals surface area contributed by atoms with Crippen molar-refractivity contribution >= 4 is 23.7 Å². The van der Waals surface area contributed by atoms with E-state index in [1.807, 2.05) is 6.92 Å². The van der Waals surface area contributed by atoms with Crippen molar-refractivity contribution in [1.82, 2.24) is 15.0 Å². The van der Waals surface area contributed by atoms with E-state index in [1.54, 1.807) is 0 Å².